The fourth-order valence-electron chi connectivity index (χ4n) is 1.37. The van der Waals surface area contributed by atoms with Gasteiger partial charge in [-0.3, -0.25) is 4.79 Å². The van der Waals surface area contributed by atoms with Crippen LogP contribution in [0.4, 0.5) is 0 Å². The molecular formula is C12H18O7. The van der Waals surface area contributed by atoms with E-state index in [-0.39, 0.29) is 30.6 Å². The number of rotatable bonds is 7. The van der Waals surface area contributed by atoms with Crippen LogP contribution in [0.3, 0.4) is 0 Å². The van der Waals surface area contributed by atoms with Gasteiger partial charge in [0.05, 0.1) is 39.1 Å². The van der Waals surface area contributed by atoms with E-state index < -0.39 is 17.9 Å². The second-order valence-corrected chi connectivity index (χ2v) is 3.45. The third-order valence-corrected chi connectivity index (χ3v) is 2.32. The van der Waals surface area contributed by atoms with Gasteiger partial charge >= 0.3 is 17.9 Å². The van der Waals surface area contributed by atoms with Gasteiger partial charge < -0.3 is 18.9 Å². The highest BCUT2D eigenvalue weighted by atomic mass is 16.5. The topological polar surface area (TPSA) is 88.1 Å². The number of ether oxygens (including phenoxy) is 4. The Bertz CT molecular complexity index is 370. The summed E-state index contributed by atoms with van der Waals surface area (Å²) in [6, 6.07) is 0. The average Bonchev–Trinajstić information content (AvgIpc) is 2.44. The van der Waals surface area contributed by atoms with E-state index in [0.717, 1.165) is 0 Å². The van der Waals surface area contributed by atoms with E-state index in [1.165, 1.54) is 28.4 Å². The van der Waals surface area contributed by atoms with Crippen LogP contribution in [-0.4, -0.2) is 53.0 Å². The van der Waals surface area contributed by atoms with Crippen molar-refractivity contribution in [2.45, 2.75) is 12.8 Å². The third-order valence-electron chi connectivity index (χ3n) is 2.32. The number of carbonyl (C=O) groups is 3. The molecule has 7 heteroatoms. The molecule has 0 aromatic carbocycles. The molecule has 0 rings (SSSR count). The Hall–Kier alpha value is -1.89. The van der Waals surface area contributed by atoms with Gasteiger partial charge in [-0.25, -0.2) is 9.59 Å². The summed E-state index contributed by atoms with van der Waals surface area (Å²) in [5, 5.41) is 0. The van der Waals surface area contributed by atoms with Crippen LogP contribution in [0, 0.1) is 0 Å². The first-order chi connectivity index (χ1) is 9.01. The fourth-order valence-corrected chi connectivity index (χ4v) is 1.37. The molecule has 0 saturated carbocycles. The lowest BCUT2D eigenvalue weighted by Gasteiger charge is -2.11. The van der Waals surface area contributed by atoms with Crippen LogP contribution in [0.2, 0.25) is 0 Å². The summed E-state index contributed by atoms with van der Waals surface area (Å²) < 4.78 is 18.5. The van der Waals surface area contributed by atoms with Gasteiger partial charge in [-0.05, 0) is 6.42 Å². The lowest BCUT2D eigenvalue weighted by atomic mass is 10.0. The SMILES string of the molecule is COCC(C(=O)OC)=C(CCC(=O)OC)C(=O)OC. The van der Waals surface area contributed by atoms with Gasteiger partial charge in [-0.1, -0.05) is 0 Å². The molecule has 108 valence electrons. The Morgan fingerprint density at radius 3 is 1.68 bits per heavy atom. The van der Waals surface area contributed by atoms with E-state index in [1.807, 2.05) is 0 Å². The second-order valence-electron chi connectivity index (χ2n) is 3.45. The highest BCUT2D eigenvalue weighted by molar-refractivity contribution is 6.00. The maximum Gasteiger partial charge on any atom is 0.336 e. The lowest BCUT2D eigenvalue weighted by molar-refractivity contribution is -0.141. The summed E-state index contributed by atoms with van der Waals surface area (Å²) in [6.45, 7) is -0.113. The van der Waals surface area contributed by atoms with Crippen LogP contribution in [0.15, 0.2) is 11.1 Å². The molecule has 19 heavy (non-hydrogen) atoms. The highest BCUT2D eigenvalue weighted by Crippen LogP contribution is 2.16. The first-order valence-corrected chi connectivity index (χ1v) is 5.46. The molecule has 0 aliphatic carbocycles. The minimum absolute atomic E-state index is 0.00708. The molecule has 0 unspecified atom stereocenters. The molecular weight excluding hydrogens is 256 g/mol. The van der Waals surface area contributed by atoms with Crippen molar-refractivity contribution in [2.24, 2.45) is 0 Å². The normalized spacial score (nSPS) is 11.4. The molecule has 0 aromatic heterocycles. The van der Waals surface area contributed by atoms with Crippen LogP contribution in [0.25, 0.3) is 0 Å². The number of methoxy groups -OCH3 is 4. The van der Waals surface area contributed by atoms with E-state index in [4.69, 9.17) is 4.74 Å². The molecule has 0 aliphatic rings. The predicted molar refractivity (Wildman–Crippen MR) is 64.2 cm³/mol. The summed E-state index contributed by atoms with van der Waals surface area (Å²) >= 11 is 0. The van der Waals surface area contributed by atoms with Crippen LogP contribution in [0.5, 0.6) is 0 Å². The van der Waals surface area contributed by atoms with E-state index in [1.54, 1.807) is 0 Å². The Labute approximate surface area is 111 Å². The summed E-state index contributed by atoms with van der Waals surface area (Å²) in [4.78, 5) is 34.4. The van der Waals surface area contributed by atoms with Crippen molar-refractivity contribution in [1.82, 2.24) is 0 Å². The van der Waals surface area contributed by atoms with Crippen molar-refractivity contribution in [2.75, 3.05) is 35.0 Å². The van der Waals surface area contributed by atoms with Crippen molar-refractivity contribution in [3.05, 3.63) is 11.1 Å². The summed E-state index contributed by atoms with van der Waals surface area (Å²) in [5.74, 6) is -1.91. The number of hydrogen-bond donors (Lipinski definition) is 0. The third kappa shape index (κ3) is 5.52. The Balaban J connectivity index is 5.29. The fraction of sp³-hybridized carbons (Fsp3) is 0.583. The zero-order chi connectivity index (χ0) is 14.8. The monoisotopic (exact) mass is 274 g/mol. The molecule has 0 fully saturated rings. The molecule has 0 N–H and O–H groups in total. The zero-order valence-electron chi connectivity index (χ0n) is 11.5. The lowest BCUT2D eigenvalue weighted by Crippen LogP contribution is -2.19. The zero-order valence-corrected chi connectivity index (χ0v) is 11.5. The van der Waals surface area contributed by atoms with E-state index in [9.17, 15) is 14.4 Å². The van der Waals surface area contributed by atoms with Crippen molar-refractivity contribution < 1.29 is 33.3 Å². The standard InChI is InChI=1S/C12H18O7/c1-16-7-9(12(15)19-4)8(11(14)18-3)5-6-10(13)17-2/h5-7H2,1-4H3. The quantitative estimate of drug-likeness (QED) is 0.373. The first kappa shape index (κ1) is 17.1. The van der Waals surface area contributed by atoms with Crippen molar-refractivity contribution in [3.63, 3.8) is 0 Å². The number of hydrogen-bond acceptors (Lipinski definition) is 7. The van der Waals surface area contributed by atoms with Crippen LogP contribution < -0.4 is 0 Å². The molecule has 0 heterocycles. The Morgan fingerprint density at radius 1 is 0.737 bits per heavy atom. The molecule has 0 spiro atoms. The maximum absolute atomic E-state index is 11.7. The number of esters is 3. The highest BCUT2D eigenvalue weighted by Gasteiger charge is 2.23. The van der Waals surface area contributed by atoms with E-state index in [2.05, 4.69) is 14.2 Å². The van der Waals surface area contributed by atoms with Gasteiger partial charge in [-0.2, -0.15) is 0 Å². The molecule has 0 atom stereocenters. The summed E-state index contributed by atoms with van der Waals surface area (Å²) in [5.41, 5.74) is 0.0716. The number of carbonyl (C=O) groups excluding carboxylic acids is 3. The minimum Gasteiger partial charge on any atom is -0.469 e. The largest absolute Gasteiger partial charge is 0.469 e. The van der Waals surface area contributed by atoms with Gasteiger partial charge in [-0.15, -0.1) is 0 Å². The molecule has 0 saturated heterocycles. The van der Waals surface area contributed by atoms with Gasteiger partial charge in [0.25, 0.3) is 0 Å². The average molecular weight is 274 g/mol. The van der Waals surface area contributed by atoms with Crippen molar-refractivity contribution in [3.8, 4) is 0 Å². The predicted octanol–water partition coefficient (Wildman–Crippen LogP) is 0.229. The molecule has 0 bridgehead atoms. The van der Waals surface area contributed by atoms with Crippen LogP contribution in [0.1, 0.15) is 12.8 Å². The smallest absolute Gasteiger partial charge is 0.336 e. The van der Waals surface area contributed by atoms with Crippen molar-refractivity contribution >= 4 is 17.9 Å². The second kappa shape index (κ2) is 9.09. The minimum atomic E-state index is -0.707. The Kier molecular flexibility index (Phi) is 8.19. The molecule has 0 aromatic rings. The molecule has 0 radical (unpaired) electrons. The van der Waals surface area contributed by atoms with Crippen LogP contribution in [-0.2, 0) is 33.3 Å². The van der Waals surface area contributed by atoms with Crippen molar-refractivity contribution in [1.29, 1.82) is 0 Å². The Morgan fingerprint density at radius 2 is 1.26 bits per heavy atom. The maximum atomic E-state index is 11.7. The molecule has 0 aliphatic heterocycles. The first-order valence-electron chi connectivity index (χ1n) is 5.46. The molecule has 7 nitrogen and oxygen atoms in total. The van der Waals surface area contributed by atoms with Gasteiger partial charge in [0.1, 0.15) is 0 Å². The van der Waals surface area contributed by atoms with Gasteiger partial charge in [0.15, 0.2) is 0 Å². The summed E-state index contributed by atoms with van der Waals surface area (Å²) in [6.07, 6.45) is -0.0434. The van der Waals surface area contributed by atoms with E-state index in [0.29, 0.717) is 0 Å². The van der Waals surface area contributed by atoms with Gasteiger partial charge in [0, 0.05) is 13.5 Å². The van der Waals surface area contributed by atoms with Crippen LogP contribution >= 0.6 is 0 Å². The van der Waals surface area contributed by atoms with E-state index >= 15 is 0 Å². The molecule has 0 amide bonds. The van der Waals surface area contributed by atoms with Gasteiger partial charge in [0.2, 0.25) is 0 Å². The summed E-state index contributed by atoms with van der Waals surface area (Å²) in [7, 11) is 4.98.